The van der Waals surface area contributed by atoms with Crippen molar-refractivity contribution in [1.29, 1.82) is 0 Å². The standard InChI is InChI=1S/C26H24Cl2F3NO4/c1-4-32-36-13-25(15(3)33)12-22(25)24(35)20-6-5-16(7-14(20)2)23(34)11-21(26(29,30)31)17-8-18(27)10-19(28)9-17/h5-11,22,32H,4,12-13H2,1-3H3/b21-11+. The maximum atomic E-state index is 13.7. The summed E-state index contributed by atoms with van der Waals surface area (Å²) < 4.78 is 41.2. The van der Waals surface area contributed by atoms with Gasteiger partial charge in [0.2, 0.25) is 0 Å². The van der Waals surface area contributed by atoms with Crippen LogP contribution in [0.4, 0.5) is 13.2 Å². The number of halogens is 5. The van der Waals surface area contributed by atoms with E-state index < -0.39 is 28.9 Å². The van der Waals surface area contributed by atoms with Gasteiger partial charge >= 0.3 is 6.18 Å². The van der Waals surface area contributed by atoms with Crippen LogP contribution in [0.1, 0.15) is 52.1 Å². The van der Waals surface area contributed by atoms with Gasteiger partial charge in [0.05, 0.1) is 17.6 Å². The van der Waals surface area contributed by atoms with E-state index in [-0.39, 0.29) is 39.3 Å². The van der Waals surface area contributed by atoms with Crippen molar-refractivity contribution in [3.63, 3.8) is 0 Å². The third kappa shape index (κ3) is 6.06. The Morgan fingerprint density at radius 3 is 2.28 bits per heavy atom. The molecule has 0 spiro atoms. The molecule has 5 nitrogen and oxygen atoms in total. The van der Waals surface area contributed by atoms with E-state index >= 15 is 0 Å². The van der Waals surface area contributed by atoms with Crippen molar-refractivity contribution < 1.29 is 32.4 Å². The minimum Gasteiger partial charge on any atom is -0.301 e. The number of hydrogen-bond donors (Lipinski definition) is 1. The van der Waals surface area contributed by atoms with Crippen LogP contribution in [0.3, 0.4) is 0 Å². The molecule has 0 heterocycles. The highest BCUT2D eigenvalue weighted by atomic mass is 35.5. The molecule has 2 unspecified atom stereocenters. The van der Waals surface area contributed by atoms with Crippen LogP contribution in [0, 0.1) is 18.3 Å². The van der Waals surface area contributed by atoms with Crippen molar-refractivity contribution in [2.45, 2.75) is 33.4 Å². The van der Waals surface area contributed by atoms with Crippen LogP contribution >= 0.6 is 23.2 Å². The van der Waals surface area contributed by atoms with Crippen LogP contribution in [0.15, 0.2) is 42.5 Å². The van der Waals surface area contributed by atoms with Gasteiger partial charge in [-0.25, -0.2) is 5.48 Å². The third-order valence-corrected chi connectivity index (χ3v) is 6.64. The SMILES string of the molecule is CCNOCC1(C(C)=O)CC1C(=O)c1ccc(C(=O)/C=C(\c2cc(Cl)cc(Cl)c2)C(F)(F)F)cc1C. The Bertz CT molecular complexity index is 1220. The van der Waals surface area contributed by atoms with Gasteiger partial charge in [0.15, 0.2) is 11.6 Å². The van der Waals surface area contributed by atoms with E-state index in [0.717, 1.165) is 12.1 Å². The number of carbonyl (C=O) groups excluding carboxylic acids is 3. The van der Waals surface area contributed by atoms with Crippen LogP contribution < -0.4 is 5.48 Å². The van der Waals surface area contributed by atoms with E-state index in [9.17, 15) is 27.6 Å². The number of nitrogens with one attached hydrogen (secondary N) is 1. The number of allylic oxidation sites excluding steroid dienone is 2. The zero-order valence-corrected chi connectivity index (χ0v) is 21.3. The molecule has 192 valence electrons. The second-order valence-electron chi connectivity index (χ2n) is 8.73. The van der Waals surface area contributed by atoms with Crippen molar-refractivity contribution in [2.24, 2.45) is 11.3 Å². The van der Waals surface area contributed by atoms with Crippen molar-refractivity contribution in [2.75, 3.05) is 13.2 Å². The van der Waals surface area contributed by atoms with Crippen LogP contribution in [0.5, 0.6) is 0 Å². The van der Waals surface area contributed by atoms with Gasteiger partial charge in [0, 0.05) is 33.6 Å². The Kier molecular flexibility index (Phi) is 8.45. The van der Waals surface area contributed by atoms with E-state index in [1.54, 1.807) is 6.92 Å². The average molecular weight is 542 g/mol. The summed E-state index contributed by atoms with van der Waals surface area (Å²) >= 11 is 11.7. The molecule has 10 heteroatoms. The van der Waals surface area contributed by atoms with Crippen molar-refractivity contribution in [1.82, 2.24) is 5.48 Å². The molecule has 1 aliphatic carbocycles. The molecule has 0 amide bonds. The lowest BCUT2D eigenvalue weighted by atomic mass is 9.92. The summed E-state index contributed by atoms with van der Waals surface area (Å²) in [7, 11) is 0. The summed E-state index contributed by atoms with van der Waals surface area (Å²) in [6.07, 6.45) is -4.02. The van der Waals surface area contributed by atoms with Crippen molar-refractivity contribution in [3.05, 3.63) is 74.8 Å². The van der Waals surface area contributed by atoms with Gasteiger partial charge in [0.25, 0.3) is 0 Å². The van der Waals surface area contributed by atoms with E-state index in [0.29, 0.717) is 30.2 Å². The Labute approximate surface area is 216 Å². The molecule has 1 N–H and O–H groups in total. The number of alkyl halides is 3. The van der Waals surface area contributed by atoms with Crippen LogP contribution in [-0.2, 0) is 9.63 Å². The van der Waals surface area contributed by atoms with E-state index in [4.69, 9.17) is 28.0 Å². The normalized spacial score (nSPS) is 19.8. The van der Waals surface area contributed by atoms with Crippen LogP contribution in [0.2, 0.25) is 10.0 Å². The van der Waals surface area contributed by atoms with E-state index in [2.05, 4.69) is 5.48 Å². The fourth-order valence-corrected chi connectivity index (χ4v) is 4.64. The predicted octanol–water partition coefficient (Wildman–Crippen LogP) is 6.45. The van der Waals surface area contributed by atoms with Gasteiger partial charge in [-0.15, -0.1) is 0 Å². The van der Waals surface area contributed by atoms with Gasteiger partial charge in [-0.3, -0.25) is 14.4 Å². The van der Waals surface area contributed by atoms with E-state index in [1.807, 2.05) is 6.92 Å². The summed E-state index contributed by atoms with van der Waals surface area (Å²) in [4.78, 5) is 43.4. The number of aryl methyl sites for hydroxylation is 1. The second-order valence-corrected chi connectivity index (χ2v) is 9.60. The Balaban J connectivity index is 1.87. The number of hydroxylamine groups is 1. The Morgan fingerprint density at radius 1 is 1.11 bits per heavy atom. The summed E-state index contributed by atoms with van der Waals surface area (Å²) in [5.74, 6) is -1.90. The molecule has 2 atom stereocenters. The first-order valence-electron chi connectivity index (χ1n) is 11.1. The highest BCUT2D eigenvalue weighted by Crippen LogP contribution is 2.55. The highest BCUT2D eigenvalue weighted by Gasteiger charge is 2.62. The topological polar surface area (TPSA) is 72.5 Å². The lowest BCUT2D eigenvalue weighted by molar-refractivity contribution is -0.126. The number of ketones is 3. The molecule has 0 radical (unpaired) electrons. The summed E-state index contributed by atoms with van der Waals surface area (Å²) in [5.41, 5.74) is 0.906. The maximum absolute atomic E-state index is 13.7. The van der Waals surface area contributed by atoms with Crippen molar-refractivity contribution >= 4 is 46.1 Å². The average Bonchev–Trinajstić information content (AvgIpc) is 3.51. The lowest BCUT2D eigenvalue weighted by Gasteiger charge is -2.15. The molecule has 3 rings (SSSR count). The molecule has 0 bridgehead atoms. The van der Waals surface area contributed by atoms with Crippen molar-refractivity contribution in [3.8, 4) is 0 Å². The third-order valence-electron chi connectivity index (χ3n) is 6.20. The van der Waals surface area contributed by atoms with Gasteiger partial charge in [-0.1, -0.05) is 42.3 Å². The quantitative estimate of drug-likeness (QED) is 0.162. The van der Waals surface area contributed by atoms with Gasteiger partial charge < -0.3 is 4.84 Å². The lowest BCUT2D eigenvalue weighted by Crippen LogP contribution is -2.28. The largest absolute Gasteiger partial charge is 0.417 e. The molecule has 0 aromatic heterocycles. The second kappa shape index (κ2) is 10.8. The Morgan fingerprint density at radius 2 is 1.75 bits per heavy atom. The Hall–Kier alpha value is -2.52. The molecule has 0 saturated heterocycles. The molecule has 1 saturated carbocycles. The number of rotatable bonds is 10. The number of hydrogen-bond acceptors (Lipinski definition) is 5. The van der Waals surface area contributed by atoms with Gasteiger partial charge in [0.1, 0.15) is 5.78 Å². The summed E-state index contributed by atoms with van der Waals surface area (Å²) in [6, 6.07) is 7.49. The monoisotopic (exact) mass is 541 g/mol. The molecule has 0 aliphatic heterocycles. The first-order chi connectivity index (χ1) is 16.8. The molecule has 1 fully saturated rings. The fraction of sp³-hybridized carbons (Fsp3) is 0.346. The van der Waals surface area contributed by atoms with Crippen LogP contribution in [-0.4, -0.2) is 36.7 Å². The molecular weight excluding hydrogens is 518 g/mol. The number of Topliss-reactive ketones (excluding diaryl/α,β-unsaturated/α-hetero) is 2. The predicted molar refractivity (Wildman–Crippen MR) is 131 cm³/mol. The molecule has 2 aromatic carbocycles. The highest BCUT2D eigenvalue weighted by molar-refractivity contribution is 6.35. The molecule has 2 aromatic rings. The first kappa shape index (κ1) is 28.1. The van der Waals surface area contributed by atoms with Gasteiger partial charge in [-0.2, -0.15) is 13.2 Å². The molecule has 1 aliphatic rings. The number of benzene rings is 2. The fourth-order valence-electron chi connectivity index (χ4n) is 4.11. The number of carbonyl (C=O) groups is 3. The zero-order chi connectivity index (χ0) is 26.8. The van der Waals surface area contributed by atoms with Crippen LogP contribution in [0.25, 0.3) is 5.57 Å². The smallest absolute Gasteiger partial charge is 0.301 e. The first-order valence-corrected chi connectivity index (χ1v) is 11.9. The van der Waals surface area contributed by atoms with E-state index in [1.165, 1.54) is 31.2 Å². The summed E-state index contributed by atoms with van der Waals surface area (Å²) in [5, 5.41) is -0.00667. The maximum Gasteiger partial charge on any atom is 0.417 e. The summed E-state index contributed by atoms with van der Waals surface area (Å²) in [6.45, 7) is 5.42. The minimum atomic E-state index is -4.84. The molecular formula is C26H24Cl2F3NO4. The minimum absolute atomic E-state index is 0.00334. The molecule has 36 heavy (non-hydrogen) atoms. The zero-order valence-electron chi connectivity index (χ0n) is 19.8. The van der Waals surface area contributed by atoms with Gasteiger partial charge in [-0.05, 0) is 61.7 Å².